The summed E-state index contributed by atoms with van der Waals surface area (Å²) in [6.45, 7) is 13.1. The first-order valence-corrected chi connectivity index (χ1v) is 7.64. The van der Waals surface area contributed by atoms with Gasteiger partial charge in [0.2, 0.25) is 0 Å². The maximum atomic E-state index is 3.72. The van der Waals surface area contributed by atoms with E-state index in [-0.39, 0.29) is 0 Å². The summed E-state index contributed by atoms with van der Waals surface area (Å²) in [5, 5.41) is 3.72. The highest BCUT2D eigenvalue weighted by molar-refractivity contribution is 4.81. The highest BCUT2D eigenvalue weighted by atomic mass is 15.2. The van der Waals surface area contributed by atoms with Gasteiger partial charge in [-0.1, -0.05) is 34.1 Å². The fourth-order valence-electron chi connectivity index (χ4n) is 3.06. The summed E-state index contributed by atoms with van der Waals surface area (Å²) in [6.07, 6.45) is 6.62. The predicted octanol–water partition coefficient (Wildman–Crippen LogP) is 3.28. The van der Waals surface area contributed by atoms with E-state index in [1.165, 1.54) is 51.7 Å². The first kappa shape index (κ1) is 15.0. The molecule has 2 atom stereocenters. The van der Waals surface area contributed by atoms with Crippen molar-refractivity contribution in [3.05, 3.63) is 0 Å². The fraction of sp³-hybridized carbons (Fsp3) is 1.00. The van der Waals surface area contributed by atoms with E-state index in [0.717, 1.165) is 12.0 Å². The Bertz CT molecular complexity index is 191. The largest absolute Gasteiger partial charge is 0.313 e. The van der Waals surface area contributed by atoms with Crippen LogP contribution in [0.5, 0.6) is 0 Å². The van der Waals surface area contributed by atoms with Crippen molar-refractivity contribution < 1.29 is 0 Å². The van der Waals surface area contributed by atoms with Gasteiger partial charge < -0.3 is 5.32 Å². The van der Waals surface area contributed by atoms with Crippen LogP contribution in [0.3, 0.4) is 0 Å². The Balaban J connectivity index is 2.51. The van der Waals surface area contributed by atoms with Gasteiger partial charge in [0.1, 0.15) is 0 Å². The summed E-state index contributed by atoms with van der Waals surface area (Å²) in [4.78, 5) is 2.75. The lowest BCUT2D eigenvalue weighted by atomic mass is 10.0. The van der Waals surface area contributed by atoms with E-state index in [4.69, 9.17) is 0 Å². The number of nitrogens with one attached hydrogen (secondary N) is 1. The molecule has 0 aromatic heterocycles. The van der Waals surface area contributed by atoms with Gasteiger partial charge in [-0.15, -0.1) is 0 Å². The van der Waals surface area contributed by atoms with E-state index in [2.05, 4.69) is 37.9 Å². The minimum absolute atomic E-state index is 0.711. The van der Waals surface area contributed by atoms with Crippen molar-refractivity contribution in [2.75, 3.05) is 19.6 Å². The third-order valence-corrected chi connectivity index (χ3v) is 3.88. The normalized spacial score (nSPS) is 24.9. The van der Waals surface area contributed by atoms with Crippen molar-refractivity contribution in [2.45, 2.75) is 71.9 Å². The van der Waals surface area contributed by atoms with E-state index < -0.39 is 0 Å². The van der Waals surface area contributed by atoms with Crippen LogP contribution in [-0.2, 0) is 0 Å². The van der Waals surface area contributed by atoms with Gasteiger partial charge in [-0.05, 0) is 44.7 Å². The van der Waals surface area contributed by atoms with Crippen LogP contribution in [0.1, 0.15) is 59.8 Å². The molecule has 0 spiro atoms. The van der Waals surface area contributed by atoms with Gasteiger partial charge in [-0.25, -0.2) is 0 Å². The van der Waals surface area contributed by atoms with Gasteiger partial charge >= 0.3 is 0 Å². The fourth-order valence-corrected chi connectivity index (χ4v) is 3.06. The maximum Gasteiger partial charge on any atom is 0.0197 e. The van der Waals surface area contributed by atoms with E-state index in [9.17, 15) is 0 Å². The Morgan fingerprint density at radius 1 is 1.29 bits per heavy atom. The van der Waals surface area contributed by atoms with Crippen molar-refractivity contribution in [3.63, 3.8) is 0 Å². The number of nitrogens with zero attached hydrogens (tertiary/aromatic N) is 1. The minimum atomic E-state index is 0.711. The molecular weight excluding hydrogens is 208 g/mol. The van der Waals surface area contributed by atoms with Gasteiger partial charge in [-0.3, -0.25) is 4.90 Å². The molecule has 2 unspecified atom stereocenters. The van der Waals surface area contributed by atoms with E-state index in [1.807, 2.05) is 0 Å². The molecule has 0 amide bonds. The molecule has 0 bridgehead atoms. The first-order valence-electron chi connectivity index (χ1n) is 7.64. The van der Waals surface area contributed by atoms with Crippen LogP contribution in [0.4, 0.5) is 0 Å². The quantitative estimate of drug-likeness (QED) is 0.766. The van der Waals surface area contributed by atoms with Gasteiger partial charge in [-0.2, -0.15) is 0 Å². The molecule has 0 aromatic rings. The van der Waals surface area contributed by atoms with Crippen LogP contribution in [0.2, 0.25) is 0 Å². The zero-order valence-corrected chi connectivity index (χ0v) is 12.3. The number of rotatable bonds is 6. The van der Waals surface area contributed by atoms with Crippen molar-refractivity contribution in [2.24, 2.45) is 5.92 Å². The average molecular weight is 240 g/mol. The Kier molecular flexibility index (Phi) is 7.14. The van der Waals surface area contributed by atoms with Gasteiger partial charge in [0.25, 0.3) is 0 Å². The second-order valence-corrected chi connectivity index (χ2v) is 5.98. The summed E-state index contributed by atoms with van der Waals surface area (Å²) in [5.74, 6) is 0.804. The first-order chi connectivity index (χ1) is 8.17. The molecule has 1 aliphatic rings. The highest BCUT2D eigenvalue weighted by Crippen LogP contribution is 2.16. The van der Waals surface area contributed by atoms with Crippen LogP contribution in [0.25, 0.3) is 0 Å². The lowest BCUT2D eigenvalue weighted by molar-refractivity contribution is 0.172. The van der Waals surface area contributed by atoms with Gasteiger partial charge in [0.05, 0.1) is 0 Å². The topological polar surface area (TPSA) is 15.3 Å². The SMILES string of the molecule is CCCC(CC)N1CCCNC(CC(C)C)C1. The monoisotopic (exact) mass is 240 g/mol. The van der Waals surface area contributed by atoms with Crippen LogP contribution >= 0.6 is 0 Å². The molecular formula is C15H32N2. The third kappa shape index (κ3) is 5.39. The molecule has 0 saturated carbocycles. The van der Waals surface area contributed by atoms with Crippen LogP contribution in [0.15, 0.2) is 0 Å². The molecule has 0 aromatic carbocycles. The average Bonchev–Trinajstić information content (AvgIpc) is 2.50. The summed E-state index contributed by atoms with van der Waals surface area (Å²) >= 11 is 0. The molecule has 1 saturated heterocycles. The number of hydrogen-bond donors (Lipinski definition) is 1. The second-order valence-electron chi connectivity index (χ2n) is 5.98. The van der Waals surface area contributed by atoms with Crippen LogP contribution in [0, 0.1) is 5.92 Å². The van der Waals surface area contributed by atoms with Crippen molar-refractivity contribution in [1.82, 2.24) is 10.2 Å². The molecule has 0 radical (unpaired) electrons. The summed E-state index contributed by atoms with van der Waals surface area (Å²) in [7, 11) is 0. The Labute approximate surface area is 108 Å². The molecule has 1 rings (SSSR count). The molecule has 102 valence electrons. The van der Waals surface area contributed by atoms with Crippen molar-refractivity contribution >= 4 is 0 Å². The summed E-state index contributed by atoms with van der Waals surface area (Å²) < 4.78 is 0. The van der Waals surface area contributed by atoms with E-state index in [1.54, 1.807) is 0 Å². The molecule has 1 aliphatic heterocycles. The maximum absolute atomic E-state index is 3.72. The summed E-state index contributed by atoms with van der Waals surface area (Å²) in [6, 6.07) is 1.53. The van der Waals surface area contributed by atoms with Gasteiger partial charge in [0.15, 0.2) is 0 Å². The standard InChI is InChI=1S/C15H32N2/c1-5-8-15(6-2)17-10-7-9-16-14(12-17)11-13(3)4/h13-16H,5-12H2,1-4H3. The molecule has 1 N–H and O–H groups in total. The number of hydrogen-bond acceptors (Lipinski definition) is 2. The van der Waals surface area contributed by atoms with Crippen LogP contribution < -0.4 is 5.32 Å². The highest BCUT2D eigenvalue weighted by Gasteiger charge is 2.22. The smallest absolute Gasteiger partial charge is 0.0197 e. The lowest BCUT2D eigenvalue weighted by Crippen LogP contribution is -2.43. The third-order valence-electron chi connectivity index (χ3n) is 3.88. The van der Waals surface area contributed by atoms with Gasteiger partial charge in [0, 0.05) is 18.6 Å². The van der Waals surface area contributed by atoms with Crippen LogP contribution in [-0.4, -0.2) is 36.6 Å². The predicted molar refractivity (Wildman–Crippen MR) is 76.4 cm³/mol. The minimum Gasteiger partial charge on any atom is -0.313 e. The zero-order valence-electron chi connectivity index (χ0n) is 12.3. The molecule has 2 nitrogen and oxygen atoms in total. The lowest BCUT2D eigenvalue weighted by Gasteiger charge is -2.32. The summed E-state index contributed by atoms with van der Waals surface area (Å²) in [5.41, 5.74) is 0. The molecule has 17 heavy (non-hydrogen) atoms. The second kappa shape index (κ2) is 8.10. The Morgan fingerprint density at radius 3 is 2.65 bits per heavy atom. The van der Waals surface area contributed by atoms with E-state index >= 15 is 0 Å². The molecule has 1 heterocycles. The van der Waals surface area contributed by atoms with Crippen molar-refractivity contribution in [3.8, 4) is 0 Å². The van der Waals surface area contributed by atoms with Crippen molar-refractivity contribution in [1.29, 1.82) is 0 Å². The molecule has 2 heteroatoms. The Hall–Kier alpha value is -0.0800. The molecule has 1 fully saturated rings. The zero-order chi connectivity index (χ0) is 12.7. The van der Waals surface area contributed by atoms with E-state index in [0.29, 0.717) is 6.04 Å². The Morgan fingerprint density at radius 2 is 2.06 bits per heavy atom. The molecule has 0 aliphatic carbocycles.